The lowest BCUT2D eigenvalue weighted by Crippen LogP contribution is -2.49. The van der Waals surface area contributed by atoms with Crippen molar-refractivity contribution in [2.24, 2.45) is 0 Å². The zero-order chi connectivity index (χ0) is 13.1. The molecule has 1 saturated carbocycles. The highest BCUT2D eigenvalue weighted by Crippen LogP contribution is 2.28. The minimum absolute atomic E-state index is 0.814. The summed E-state index contributed by atoms with van der Waals surface area (Å²) in [6, 6.07) is 2.49. The van der Waals surface area contributed by atoms with Gasteiger partial charge in [-0.15, -0.1) is 0 Å². The van der Waals surface area contributed by atoms with Crippen LogP contribution in [0.25, 0.3) is 0 Å². The van der Waals surface area contributed by atoms with Crippen molar-refractivity contribution in [3.8, 4) is 0 Å². The summed E-state index contributed by atoms with van der Waals surface area (Å²) in [6.45, 7) is 2.63. The van der Waals surface area contributed by atoms with Gasteiger partial charge in [-0.3, -0.25) is 0 Å². The van der Waals surface area contributed by atoms with E-state index in [4.69, 9.17) is 0 Å². The maximum atomic E-state index is 2.77. The second kappa shape index (κ2) is 6.36. The van der Waals surface area contributed by atoms with Crippen LogP contribution >= 0.6 is 0 Å². The predicted molar refractivity (Wildman–Crippen MR) is 78.0 cm³/mol. The van der Waals surface area contributed by atoms with Gasteiger partial charge in [-0.05, 0) is 73.4 Å². The van der Waals surface area contributed by atoms with Gasteiger partial charge in [0, 0.05) is 18.1 Å². The van der Waals surface area contributed by atoms with E-state index in [0.29, 0.717) is 0 Å². The SMILES string of the molecule is CN(C)C1CCN([C@H]2CCC[C@H](N(C)C)C2)CC1. The summed E-state index contributed by atoms with van der Waals surface area (Å²) in [7, 11) is 8.93. The molecule has 0 radical (unpaired) electrons. The molecule has 1 aliphatic heterocycles. The Morgan fingerprint density at radius 2 is 1.39 bits per heavy atom. The lowest BCUT2D eigenvalue weighted by Gasteiger charge is -2.43. The van der Waals surface area contributed by atoms with Gasteiger partial charge in [-0.25, -0.2) is 0 Å². The quantitative estimate of drug-likeness (QED) is 0.760. The van der Waals surface area contributed by atoms with E-state index >= 15 is 0 Å². The molecule has 1 saturated heterocycles. The molecule has 3 nitrogen and oxygen atoms in total. The Bertz CT molecular complexity index is 244. The van der Waals surface area contributed by atoms with Gasteiger partial charge in [-0.1, -0.05) is 6.42 Å². The lowest BCUT2D eigenvalue weighted by atomic mass is 9.88. The van der Waals surface area contributed by atoms with E-state index in [-0.39, 0.29) is 0 Å². The van der Waals surface area contributed by atoms with Gasteiger partial charge < -0.3 is 14.7 Å². The topological polar surface area (TPSA) is 9.72 Å². The van der Waals surface area contributed by atoms with Gasteiger partial charge in [0.2, 0.25) is 0 Å². The molecule has 0 unspecified atom stereocenters. The van der Waals surface area contributed by atoms with Crippen molar-refractivity contribution in [3.63, 3.8) is 0 Å². The molecule has 2 rings (SSSR count). The van der Waals surface area contributed by atoms with E-state index in [1.807, 2.05) is 0 Å². The monoisotopic (exact) mass is 253 g/mol. The molecule has 0 bridgehead atoms. The van der Waals surface area contributed by atoms with Crippen LogP contribution in [0.4, 0.5) is 0 Å². The summed E-state index contributed by atoms with van der Waals surface area (Å²) in [5.41, 5.74) is 0. The van der Waals surface area contributed by atoms with Gasteiger partial charge >= 0.3 is 0 Å². The third-order valence-corrected chi connectivity index (χ3v) is 5.09. The van der Waals surface area contributed by atoms with Crippen LogP contribution in [0.15, 0.2) is 0 Å². The highest BCUT2D eigenvalue weighted by Gasteiger charge is 2.30. The van der Waals surface area contributed by atoms with Crippen molar-refractivity contribution in [2.45, 2.75) is 56.7 Å². The Balaban J connectivity index is 1.82. The van der Waals surface area contributed by atoms with Crippen LogP contribution in [0.2, 0.25) is 0 Å². The molecule has 0 aromatic heterocycles. The van der Waals surface area contributed by atoms with Gasteiger partial charge in [-0.2, -0.15) is 0 Å². The van der Waals surface area contributed by atoms with E-state index in [0.717, 1.165) is 18.1 Å². The summed E-state index contributed by atoms with van der Waals surface area (Å²) in [6.07, 6.45) is 8.35. The van der Waals surface area contributed by atoms with Crippen LogP contribution in [0.3, 0.4) is 0 Å². The van der Waals surface area contributed by atoms with E-state index in [1.165, 1.54) is 51.6 Å². The molecule has 1 heterocycles. The first-order valence-electron chi connectivity index (χ1n) is 7.65. The zero-order valence-electron chi connectivity index (χ0n) is 12.7. The first-order chi connectivity index (χ1) is 8.58. The fraction of sp³-hybridized carbons (Fsp3) is 1.00. The second-order valence-corrected chi connectivity index (χ2v) is 6.67. The van der Waals surface area contributed by atoms with Crippen LogP contribution in [0.5, 0.6) is 0 Å². The largest absolute Gasteiger partial charge is 0.306 e. The number of piperidine rings is 1. The van der Waals surface area contributed by atoms with Gasteiger partial charge in [0.25, 0.3) is 0 Å². The number of rotatable bonds is 3. The molecule has 2 aliphatic rings. The van der Waals surface area contributed by atoms with Gasteiger partial charge in [0.15, 0.2) is 0 Å². The highest BCUT2D eigenvalue weighted by atomic mass is 15.2. The standard InChI is InChI=1S/C15H31N3/c1-16(2)13-8-10-18(11-9-13)15-7-5-6-14(12-15)17(3)4/h13-15H,5-12H2,1-4H3/t14-,15-/m0/s1. The third-order valence-electron chi connectivity index (χ3n) is 5.09. The molecule has 0 aromatic rings. The van der Waals surface area contributed by atoms with Gasteiger partial charge in [0.05, 0.1) is 0 Å². The molecule has 106 valence electrons. The summed E-state index contributed by atoms with van der Waals surface area (Å²) in [4.78, 5) is 7.61. The predicted octanol–water partition coefficient (Wildman–Crippen LogP) is 1.89. The van der Waals surface area contributed by atoms with Crippen molar-refractivity contribution in [1.82, 2.24) is 14.7 Å². The summed E-state index contributed by atoms with van der Waals surface area (Å²) < 4.78 is 0. The smallest absolute Gasteiger partial charge is 0.0113 e. The van der Waals surface area contributed by atoms with Crippen molar-refractivity contribution < 1.29 is 0 Å². The van der Waals surface area contributed by atoms with Crippen LogP contribution < -0.4 is 0 Å². The average molecular weight is 253 g/mol. The molecule has 3 heteroatoms. The molecule has 0 amide bonds. The van der Waals surface area contributed by atoms with Crippen LogP contribution in [-0.4, -0.2) is 74.1 Å². The first-order valence-corrected chi connectivity index (χ1v) is 7.65. The molecular weight excluding hydrogens is 222 g/mol. The highest BCUT2D eigenvalue weighted by molar-refractivity contribution is 4.87. The van der Waals surface area contributed by atoms with E-state index < -0.39 is 0 Å². The maximum Gasteiger partial charge on any atom is 0.0113 e. The summed E-state index contributed by atoms with van der Waals surface area (Å²) in [5.74, 6) is 0. The summed E-state index contributed by atoms with van der Waals surface area (Å²) >= 11 is 0. The first kappa shape index (κ1) is 14.3. The molecule has 0 spiro atoms. The van der Waals surface area contributed by atoms with Crippen LogP contribution in [0.1, 0.15) is 38.5 Å². The molecule has 0 aromatic carbocycles. The Hall–Kier alpha value is -0.120. The van der Waals surface area contributed by atoms with Crippen LogP contribution in [-0.2, 0) is 0 Å². The molecule has 2 fully saturated rings. The lowest BCUT2D eigenvalue weighted by molar-refractivity contribution is 0.0669. The Kier molecular flexibility index (Phi) is 5.05. The zero-order valence-corrected chi connectivity index (χ0v) is 12.7. The minimum atomic E-state index is 0.814. The van der Waals surface area contributed by atoms with Crippen molar-refractivity contribution in [3.05, 3.63) is 0 Å². The normalized spacial score (nSPS) is 32.3. The average Bonchev–Trinajstić information content (AvgIpc) is 2.39. The van der Waals surface area contributed by atoms with Crippen LogP contribution in [0, 0.1) is 0 Å². The van der Waals surface area contributed by atoms with E-state index in [1.54, 1.807) is 0 Å². The molecule has 1 aliphatic carbocycles. The van der Waals surface area contributed by atoms with E-state index in [2.05, 4.69) is 42.9 Å². The van der Waals surface area contributed by atoms with E-state index in [9.17, 15) is 0 Å². The second-order valence-electron chi connectivity index (χ2n) is 6.67. The minimum Gasteiger partial charge on any atom is -0.306 e. The number of nitrogens with zero attached hydrogens (tertiary/aromatic N) is 3. The van der Waals surface area contributed by atoms with Crippen molar-refractivity contribution in [1.29, 1.82) is 0 Å². The third kappa shape index (κ3) is 3.46. The fourth-order valence-electron chi connectivity index (χ4n) is 3.71. The maximum absolute atomic E-state index is 2.77. The Labute approximate surface area is 113 Å². The summed E-state index contributed by atoms with van der Waals surface area (Å²) in [5, 5.41) is 0. The molecule has 2 atom stereocenters. The van der Waals surface area contributed by atoms with Crippen molar-refractivity contribution in [2.75, 3.05) is 41.3 Å². The number of hydrogen-bond donors (Lipinski definition) is 0. The molecular formula is C15H31N3. The molecule has 0 N–H and O–H groups in total. The number of likely N-dealkylation sites (tertiary alicyclic amines) is 1. The van der Waals surface area contributed by atoms with Gasteiger partial charge in [0.1, 0.15) is 0 Å². The number of hydrogen-bond acceptors (Lipinski definition) is 3. The molecule has 18 heavy (non-hydrogen) atoms. The Morgan fingerprint density at radius 1 is 0.778 bits per heavy atom. The van der Waals surface area contributed by atoms with Crippen molar-refractivity contribution >= 4 is 0 Å². The fourth-order valence-corrected chi connectivity index (χ4v) is 3.71. The Morgan fingerprint density at radius 3 is 1.94 bits per heavy atom.